The number of fused-ring (bicyclic) bond motifs is 2. The first-order valence-corrected chi connectivity index (χ1v) is 13.2. The van der Waals surface area contributed by atoms with Crippen LogP contribution in [0, 0.1) is 0 Å². The number of carbonyl (C=O) groups is 2. The van der Waals surface area contributed by atoms with Crippen molar-refractivity contribution in [1.82, 2.24) is 0 Å². The van der Waals surface area contributed by atoms with E-state index in [2.05, 4.69) is 0 Å². The summed E-state index contributed by atoms with van der Waals surface area (Å²) in [4.78, 5) is 28.6. The third-order valence-electron chi connectivity index (χ3n) is 6.10. The van der Waals surface area contributed by atoms with Crippen LogP contribution >= 0.6 is 23.5 Å². The third-order valence-corrected chi connectivity index (χ3v) is 8.36. The van der Waals surface area contributed by atoms with Gasteiger partial charge >= 0.3 is 0 Å². The predicted molar refractivity (Wildman–Crippen MR) is 149 cm³/mol. The van der Waals surface area contributed by atoms with Gasteiger partial charge in [-0.2, -0.15) is 0 Å². The molecule has 0 saturated carbocycles. The topological polar surface area (TPSA) is 138 Å². The maximum absolute atomic E-state index is 13.8. The van der Waals surface area contributed by atoms with Gasteiger partial charge in [0.1, 0.15) is 0 Å². The van der Waals surface area contributed by atoms with Crippen LogP contribution in [0.2, 0.25) is 0 Å². The van der Waals surface area contributed by atoms with Crippen LogP contribution in [0.15, 0.2) is 82.6 Å². The molecule has 1 aliphatic carbocycles. The highest BCUT2D eigenvalue weighted by Crippen LogP contribution is 2.45. The van der Waals surface area contributed by atoms with Crippen LogP contribution in [0.5, 0.6) is 0 Å². The summed E-state index contributed by atoms with van der Waals surface area (Å²) in [7, 11) is 0. The molecule has 180 valence electrons. The fourth-order valence-electron chi connectivity index (χ4n) is 4.31. The Hall–Kier alpha value is -3.88. The van der Waals surface area contributed by atoms with Crippen LogP contribution in [0.25, 0.3) is 0 Å². The Morgan fingerprint density at radius 3 is 1.28 bits per heavy atom. The molecule has 0 aliphatic heterocycles. The molecule has 0 amide bonds. The third kappa shape index (κ3) is 4.19. The fourth-order valence-corrected chi connectivity index (χ4v) is 6.27. The second kappa shape index (κ2) is 9.64. The van der Waals surface area contributed by atoms with E-state index in [1.165, 1.54) is 23.5 Å². The molecular weight excluding hydrogens is 488 g/mol. The lowest BCUT2D eigenvalue weighted by Crippen LogP contribution is -2.27. The van der Waals surface area contributed by atoms with Crippen molar-refractivity contribution < 1.29 is 9.59 Å². The highest BCUT2D eigenvalue weighted by molar-refractivity contribution is 7.99. The standard InChI is InChI=1S/C28H24N4O2S2/c29-17-11-19(35-13-15-7-3-1-4-8-15)25(31)23-21(17)27(33)22-18(30)12-20(26(32)24(22)28(23)34)36-14-16-9-5-2-6-10-16/h1-12H,13-14,29-32H2. The van der Waals surface area contributed by atoms with Gasteiger partial charge < -0.3 is 22.9 Å². The van der Waals surface area contributed by atoms with Gasteiger partial charge in [0.2, 0.25) is 0 Å². The Kier molecular flexibility index (Phi) is 6.38. The molecule has 1 aliphatic rings. The lowest BCUT2D eigenvalue weighted by molar-refractivity contribution is 0.0981. The van der Waals surface area contributed by atoms with E-state index in [1.54, 1.807) is 12.1 Å². The van der Waals surface area contributed by atoms with Gasteiger partial charge in [-0.25, -0.2) is 0 Å². The van der Waals surface area contributed by atoms with Crippen molar-refractivity contribution in [3.05, 3.63) is 106 Å². The zero-order valence-electron chi connectivity index (χ0n) is 19.3. The molecule has 4 aromatic rings. The summed E-state index contributed by atoms with van der Waals surface area (Å²) in [6.45, 7) is 0. The van der Waals surface area contributed by atoms with Gasteiger partial charge in [-0.05, 0) is 23.3 Å². The minimum absolute atomic E-state index is 0.0878. The van der Waals surface area contributed by atoms with Crippen molar-refractivity contribution in [2.24, 2.45) is 0 Å². The molecule has 0 radical (unpaired) electrons. The monoisotopic (exact) mass is 512 g/mol. The Morgan fingerprint density at radius 2 is 0.889 bits per heavy atom. The van der Waals surface area contributed by atoms with Crippen molar-refractivity contribution in [2.45, 2.75) is 21.3 Å². The summed E-state index contributed by atoms with van der Waals surface area (Å²) >= 11 is 2.92. The summed E-state index contributed by atoms with van der Waals surface area (Å²) in [5.74, 6) is 0.402. The normalized spacial score (nSPS) is 12.3. The minimum atomic E-state index is -0.438. The van der Waals surface area contributed by atoms with Gasteiger partial charge in [-0.3, -0.25) is 9.59 Å². The molecule has 0 bridgehead atoms. The van der Waals surface area contributed by atoms with E-state index in [4.69, 9.17) is 22.9 Å². The number of nitrogens with two attached hydrogens (primary N) is 4. The number of rotatable bonds is 6. The van der Waals surface area contributed by atoms with E-state index >= 15 is 0 Å². The van der Waals surface area contributed by atoms with Crippen molar-refractivity contribution >= 4 is 57.8 Å². The molecule has 8 heteroatoms. The molecular formula is C28H24N4O2S2. The number of anilines is 4. The summed E-state index contributed by atoms with van der Waals surface area (Å²) < 4.78 is 0. The first-order chi connectivity index (χ1) is 17.4. The average molecular weight is 513 g/mol. The molecule has 4 aromatic carbocycles. The predicted octanol–water partition coefficient (Wildman–Crippen LogP) is 5.38. The van der Waals surface area contributed by atoms with E-state index < -0.39 is 11.6 Å². The van der Waals surface area contributed by atoms with Crippen molar-refractivity contribution in [2.75, 3.05) is 22.9 Å². The lowest BCUT2D eigenvalue weighted by atomic mass is 9.81. The largest absolute Gasteiger partial charge is 0.398 e. The molecule has 36 heavy (non-hydrogen) atoms. The Balaban J connectivity index is 1.54. The molecule has 6 nitrogen and oxygen atoms in total. The maximum Gasteiger partial charge on any atom is 0.198 e. The van der Waals surface area contributed by atoms with Crippen LogP contribution < -0.4 is 22.9 Å². The molecule has 0 spiro atoms. The second-order valence-electron chi connectivity index (χ2n) is 8.46. The molecule has 0 unspecified atom stereocenters. The first kappa shape index (κ1) is 23.8. The highest BCUT2D eigenvalue weighted by Gasteiger charge is 2.38. The average Bonchev–Trinajstić information content (AvgIpc) is 2.88. The number of hydrogen-bond donors (Lipinski definition) is 4. The fraction of sp³-hybridized carbons (Fsp3) is 0.0714. The van der Waals surface area contributed by atoms with Crippen LogP contribution in [-0.2, 0) is 11.5 Å². The van der Waals surface area contributed by atoms with E-state index in [0.29, 0.717) is 21.3 Å². The van der Waals surface area contributed by atoms with E-state index in [-0.39, 0.29) is 45.0 Å². The number of carbonyl (C=O) groups excluding carboxylic acids is 2. The Morgan fingerprint density at radius 1 is 0.528 bits per heavy atom. The van der Waals surface area contributed by atoms with E-state index in [0.717, 1.165) is 11.1 Å². The number of benzene rings is 4. The molecule has 0 saturated heterocycles. The minimum Gasteiger partial charge on any atom is -0.398 e. The second-order valence-corrected chi connectivity index (χ2v) is 10.5. The van der Waals surface area contributed by atoms with Gasteiger partial charge in [0.25, 0.3) is 0 Å². The molecule has 0 atom stereocenters. The van der Waals surface area contributed by atoms with Crippen molar-refractivity contribution in [3.63, 3.8) is 0 Å². The molecule has 8 N–H and O–H groups in total. The van der Waals surface area contributed by atoms with Gasteiger partial charge in [0.05, 0.1) is 33.6 Å². The quantitative estimate of drug-likeness (QED) is 0.176. The van der Waals surface area contributed by atoms with Crippen LogP contribution in [0.1, 0.15) is 43.0 Å². The van der Waals surface area contributed by atoms with Crippen LogP contribution in [0.3, 0.4) is 0 Å². The van der Waals surface area contributed by atoms with E-state index in [1.807, 2.05) is 60.7 Å². The van der Waals surface area contributed by atoms with E-state index in [9.17, 15) is 9.59 Å². The number of ketones is 2. The molecule has 0 heterocycles. The zero-order valence-corrected chi connectivity index (χ0v) is 20.9. The smallest absolute Gasteiger partial charge is 0.198 e. The summed E-state index contributed by atoms with van der Waals surface area (Å²) in [6, 6.07) is 23.1. The molecule has 0 aromatic heterocycles. The van der Waals surface area contributed by atoms with Gasteiger partial charge in [0, 0.05) is 32.7 Å². The van der Waals surface area contributed by atoms with Gasteiger partial charge in [0.15, 0.2) is 11.6 Å². The number of nitrogen functional groups attached to an aromatic ring is 4. The zero-order chi connectivity index (χ0) is 25.4. The molecule has 5 rings (SSSR count). The van der Waals surface area contributed by atoms with Gasteiger partial charge in [-0.15, -0.1) is 23.5 Å². The molecule has 0 fully saturated rings. The number of hydrogen-bond acceptors (Lipinski definition) is 8. The first-order valence-electron chi connectivity index (χ1n) is 11.2. The summed E-state index contributed by atoms with van der Waals surface area (Å²) in [5.41, 5.74) is 29.0. The lowest BCUT2D eigenvalue weighted by Gasteiger charge is -2.25. The van der Waals surface area contributed by atoms with Gasteiger partial charge in [-0.1, -0.05) is 60.7 Å². The highest BCUT2D eigenvalue weighted by atomic mass is 32.2. The van der Waals surface area contributed by atoms with Crippen molar-refractivity contribution in [3.8, 4) is 0 Å². The summed E-state index contributed by atoms with van der Waals surface area (Å²) in [6.07, 6.45) is 0. The Bertz CT molecular complexity index is 1390. The maximum atomic E-state index is 13.8. The Labute approximate surface area is 217 Å². The number of thioether (sulfide) groups is 2. The van der Waals surface area contributed by atoms with Crippen LogP contribution in [0.4, 0.5) is 22.7 Å². The van der Waals surface area contributed by atoms with Crippen LogP contribution in [-0.4, -0.2) is 11.6 Å². The van der Waals surface area contributed by atoms with Crippen molar-refractivity contribution in [1.29, 1.82) is 0 Å². The SMILES string of the molecule is Nc1cc(SCc2ccccc2)c(N)c2c1C(=O)c1c(N)cc(SCc3ccccc3)c(N)c1C2=O. The summed E-state index contributed by atoms with van der Waals surface area (Å²) in [5, 5.41) is 0.